The number of ether oxygens (including phenoxy) is 3. The first-order valence-electron chi connectivity index (χ1n) is 9.10. The number of thiocarbonyl (C=S) groups is 1. The summed E-state index contributed by atoms with van der Waals surface area (Å²) in [5.41, 5.74) is 1.97. The molecule has 0 aliphatic heterocycles. The summed E-state index contributed by atoms with van der Waals surface area (Å²) in [6.07, 6.45) is 2.80. The molecule has 3 rings (SSSR count). The van der Waals surface area contributed by atoms with Crippen LogP contribution in [-0.2, 0) is 22.3 Å². The first-order chi connectivity index (χ1) is 14.0. The molecule has 0 unspecified atom stereocenters. The van der Waals surface area contributed by atoms with Gasteiger partial charge in [0.1, 0.15) is 17.4 Å². The molecule has 154 valence electrons. The van der Waals surface area contributed by atoms with Crippen molar-refractivity contribution in [3.05, 3.63) is 45.8 Å². The van der Waals surface area contributed by atoms with Crippen molar-refractivity contribution in [1.82, 2.24) is 5.32 Å². The second-order valence-electron chi connectivity index (χ2n) is 6.33. The van der Waals surface area contributed by atoms with Crippen molar-refractivity contribution in [3.8, 4) is 5.75 Å². The van der Waals surface area contributed by atoms with E-state index in [2.05, 4.69) is 10.6 Å². The Morgan fingerprint density at radius 1 is 1.14 bits per heavy atom. The Hall–Kier alpha value is -2.49. The highest BCUT2D eigenvalue weighted by Gasteiger charge is 2.27. The van der Waals surface area contributed by atoms with Crippen molar-refractivity contribution in [3.63, 3.8) is 0 Å². The van der Waals surface area contributed by atoms with Crippen molar-refractivity contribution in [2.24, 2.45) is 0 Å². The van der Waals surface area contributed by atoms with Gasteiger partial charge in [-0.15, -0.1) is 11.3 Å². The minimum Gasteiger partial charge on any atom is -0.491 e. The number of carbonyl (C=O) groups excluding carboxylic acids is 2. The van der Waals surface area contributed by atoms with E-state index in [4.69, 9.17) is 26.4 Å². The van der Waals surface area contributed by atoms with Gasteiger partial charge in [-0.25, -0.2) is 4.79 Å². The molecule has 1 aliphatic rings. The molecule has 1 aromatic heterocycles. The third-order valence-corrected chi connectivity index (χ3v) is 5.85. The van der Waals surface area contributed by atoms with E-state index in [-0.39, 0.29) is 11.0 Å². The summed E-state index contributed by atoms with van der Waals surface area (Å²) in [7, 11) is 2.96. The SMILES string of the molecule is COCCOc1ccc(C(=O)NC(=S)Nc2sc3c(c2C(=O)OC)CCC3)cc1. The van der Waals surface area contributed by atoms with Crippen molar-refractivity contribution < 1.29 is 23.8 Å². The first-order valence-corrected chi connectivity index (χ1v) is 10.3. The average Bonchev–Trinajstić information content (AvgIpc) is 3.28. The number of nitrogens with one attached hydrogen (secondary N) is 2. The number of thiophene rings is 1. The van der Waals surface area contributed by atoms with E-state index >= 15 is 0 Å². The lowest BCUT2D eigenvalue weighted by molar-refractivity contribution is 0.0601. The summed E-state index contributed by atoms with van der Waals surface area (Å²) < 4.78 is 15.3. The lowest BCUT2D eigenvalue weighted by Gasteiger charge is -2.11. The molecule has 1 aromatic carbocycles. The number of methoxy groups -OCH3 is 2. The van der Waals surface area contributed by atoms with E-state index in [1.54, 1.807) is 31.4 Å². The quantitative estimate of drug-likeness (QED) is 0.393. The Balaban J connectivity index is 1.62. The largest absolute Gasteiger partial charge is 0.491 e. The molecule has 29 heavy (non-hydrogen) atoms. The Morgan fingerprint density at radius 3 is 2.59 bits per heavy atom. The molecule has 0 saturated carbocycles. The fourth-order valence-corrected chi connectivity index (χ4v) is 4.61. The Kier molecular flexibility index (Phi) is 7.18. The van der Waals surface area contributed by atoms with Crippen molar-refractivity contribution in [2.75, 3.05) is 32.8 Å². The van der Waals surface area contributed by atoms with Crippen LogP contribution in [0.5, 0.6) is 5.75 Å². The van der Waals surface area contributed by atoms with Crippen LogP contribution in [0.4, 0.5) is 5.00 Å². The molecule has 0 bridgehead atoms. The van der Waals surface area contributed by atoms with Gasteiger partial charge < -0.3 is 19.5 Å². The van der Waals surface area contributed by atoms with Crippen molar-refractivity contribution >= 4 is 45.5 Å². The smallest absolute Gasteiger partial charge is 0.341 e. The molecule has 0 atom stereocenters. The standard InChI is InChI=1S/C20H22N2O5S2/c1-25-10-11-27-13-8-6-12(7-9-13)17(23)21-20(28)22-18-16(19(24)26-2)14-4-3-5-15(14)29-18/h6-9H,3-5,10-11H2,1-2H3,(H2,21,22,23,28). The normalized spacial score (nSPS) is 12.2. The van der Waals surface area contributed by atoms with Gasteiger partial charge in [0.15, 0.2) is 5.11 Å². The summed E-state index contributed by atoms with van der Waals surface area (Å²) in [5, 5.41) is 6.35. The maximum Gasteiger partial charge on any atom is 0.341 e. The maximum absolute atomic E-state index is 12.4. The predicted molar refractivity (Wildman–Crippen MR) is 115 cm³/mol. The van der Waals surface area contributed by atoms with Crippen LogP contribution in [-0.4, -0.2) is 44.4 Å². The zero-order valence-corrected chi connectivity index (χ0v) is 17.8. The number of carbonyl (C=O) groups is 2. The van der Waals surface area contributed by atoms with Gasteiger partial charge >= 0.3 is 5.97 Å². The van der Waals surface area contributed by atoms with Crippen LogP contribution in [0.2, 0.25) is 0 Å². The second kappa shape index (κ2) is 9.82. The van der Waals surface area contributed by atoms with E-state index in [1.165, 1.54) is 18.4 Å². The number of esters is 1. The molecule has 1 amide bonds. The van der Waals surface area contributed by atoms with E-state index < -0.39 is 5.97 Å². The van der Waals surface area contributed by atoms with Crippen LogP contribution in [0, 0.1) is 0 Å². The van der Waals surface area contributed by atoms with Crippen LogP contribution in [0.3, 0.4) is 0 Å². The molecular formula is C20H22N2O5S2. The molecule has 0 spiro atoms. The number of hydrogen-bond donors (Lipinski definition) is 2. The zero-order valence-electron chi connectivity index (χ0n) is 16.2. The van der Waals surface area contributed by atoms with Gasteiger partial charge in [-0.3, -0.25) is 10.1 Å². The molecule has 0 fully saturated rings. The van der Waals surface area contributed by atoms with Gasteiger partial charge in [-0.1, -0.05) is 0 Å². The Labute approximate surface area is 178 Å². The van der Waals surface area contributed by atoms with Crippen molar-refractivity contribution in [2.45, 2.75) is 19.3 Å². The van der Waals surface area contributed by atoms with Gasteiger partial charge in [0.25, 0.3) is 5.91 Å². The van der Waals surface area contributed by atoms with E-state index in [1.807, 2.05) is 0 Å². The van der Waals surface area contributed by atoms with E-state index in [9.17, 15) is 9.59 Å². The van der Waals surface area contributed by atoms with Crippen LogP contribution < -0.4 is 15.4 Å². The zero-order chi connectivity index (χ0) is 20.8. The number of aryl methyl sites for hydroxylation is 1. The van der Waals surface area contributed by atoms with Gasteiger partial charge in [0.05, 0.1) is 19.3 Å². The number of rotatable bonds is 7. The van der Waals surface area contributed by atoms with E-state index in [0.717, 1.165) is 29.7 Å². The number of hydrogen-bond acceptors (Lipinski definition) is 7. The third-order valence-electron chi connectivity index (χ3n) is 4.44. The highest BCUT2D eigenvalue weighted by molar-refractivity contribution is 7.80. The minimum atomic E-state index is -0.398. The molecule has 7 nitrogen and oxygen atoms in total. The van der Waals surface area contributed by atoms with Gasteiger partial charge in [-0.2, -0.15) is 0 Å². The summed E-state index contributed by atoms with van der Waals surface area (Å²) >= 11 is 6.75. The molecular weight excluding hydrogens is 412 g/mol. The van der Waals surface area contributed by atoms with Gasteiger partial charge in [0, 0.05) is 17.6 Å². The summed E-state index contributed by atoms with van der Waals surface area (Å²) in [6.45, 7) is 0.922. The molecule has 2 N–H and O–H groups in total. The number of benzene rings is 1. The topological polar surface area (TPSA) is 85.9 Å². The van der Waals surface area contributed by atoms with Crippen LogP contribution >= 0.6 is 23.6 Å². The number of anilines is 1. The van der Waals surface area contributed by atoms with Crippen LogP contribution in [0.1, 0.15) is 37.6 Å². The fourth-order valence-electron chi connectivity index (χ4n) is 3.07. The molecule has 1 heterocycles. The lowest BCUT2D eigenvalue weighted by atomic mass is 10.1. The number of fused-ring (bicyclic) bond motifs is 1. The molecule has 0 radical (unpaired) electrons. The minimum absolute atomic E-state index is 0.125. The summed E-state index contributed by atoms with van der Waals surface area (Å²) in [5.74, 6) is -0.102. The summed E-state index contributed by atoms with van der Waals surface area (Å²) in [6, 6.07) is 6.72. The molecule has 2 aromatic rings. The van der Waals surface area contributed by atoms with Crippen LogP contribution in [0.15, 0.2) is 24.3 Å². The monoisotopic (exact) mass is 434 g/mol. The van der Waals surface area contributed by atoms with E-state index in [0.29, 0.717) is 35.1 Å². The Morgan fingerprint density at radius 2 is 1.90 bits per heavy atom. The molecule has 1 aliphatic carbocycles. The van der Waals surface area contributed by atoms with Crippen molar-refractivity contribution in [1.29, 1.82) is 0 Å². The highest BCUT2D eigenvalue weighted by atomic mass is 32.1. The lowest BCUT2D eigenvalue weighted by Crippen LogP contribution is -2.34. The summed E-state index contributed by atoms with van der Waals surface area (Å²) in [4.78, 5) is 25.8. The highest BCUT2D eigenvalue weighted by Crippen LogP contribution is 2.39. The fraction of sp³-hybridized carbons (Fsp3) is 0.350. The van der Waals surface area contributed by atoms with Crippen LogP contribution in [0.25, 0.3) is 0 Å². The van der Waals surface area contributed by atoms with Gasteiger partial charge in [0.2, 0.25) is 0 Å². The average molecular weight is 435 g/mol. The first kappa shape index (κ1) is 21.2. The Bertz CT molecular complexity index is 908. The molecule has 9 heteroatoms. The molecule has 0 saturated heterocycles. The number of amides is 1. The third kappa shape index (κ3) is 5.11. The second-order valence-corrected chi connectivity index (χ2v) is 7.84. The predicted octanol–water partition coefficient (Wildman–Crippen LogP) is 3.18. The maximum atomic E-state index is 12.4. The van der Waals surface area contributed by atoms with Gasteiger partial charge in [-0.05, 0) is 61.3 Å².